The van der Waals surface area contributed by atoms with E-state index in [0.29, 0.717) is 0 Å². The minimum Gasteiger partial charge on any atom is -0.315 e. The van der Waals surface area contributed by atoms with E-state index in [1.807, 2.05) is 10.9 Å². The summed E-state index contributed by atoms with van der Waals surface area (Å²) in [6.45, 7) is 7.48. The fraction of sp³-hybridized carbons (Fsp3) is 0.800. The van der Waals surface area contributed by atoms with Crippen molar-refractivity contribution in [3.8, 4) is 0 Å². The molecule has 0 aliphatic carbocycles. The van der Waals surface area contributed by atoms with Gasteiger partial charge in [-0.25, -0.2) is 0 Å². The molecule has 1 unspecified atom stereocenters. The van der Waals surface area contributed by atoms with E-state index in [0.717, 1.165) is 25.6 Å². The average molecular weight is 196 g/mol. The largest absolute Gasteiger partial charge is 0.315 e. The Hall–Kier alpha value is -0.900. The Morgan fingerprint density at radius 3 is 3.00 bits per heavy atom. The maximum atomic E-state index is 3.90. The maximum Gasteiger partial charge on any atom is 0.0692 e. The van der Waals surface area contributed by atoms with Crippen LogP contribution < -0.4 is 5.32 Å². The Kier molecular flexibility index (Phi) is 5.22. The molecule has 0 aliphatic rings. The maximum absolute atomic E-state index is 3.90. The van der Waals surface area contributed by atoms with Gasteiger partial charge in [-0.2, -0.15) is 0 Å². The smallest absolute Gasteiger partial charge is 0.0692 e. The van der Waals surface area contributed by atoms with E-state index in [-0.39, 0.29) is 0 Å². The van der Waals surface area contributed by atoms with E-state index in [9.17, 15) is 0 Å². The third-order valence-corrected chi connectivity index (χ3v) is 2.26. The van der Waals surface area contributed by atoms with E-state index in [1.165, 1.54) is 12.8 Å². The molecule has 14 heavy (non-hydrogen) atoms. The SMILES string of the molecule is CCCC(C)CNCCn1ccnn1. The van der Waals surface area contributed by atoms with Crippen molar-refractivity contribution in [1.82, 2.24) is 20.3 Å². The summed E-state index contributed by atoms with van der Waals surface area (Å²) in [5, 5.41) is 11.1. The summed E-state index contributed by atoms with van der Waals surface area (Å²) in [5.74, 6) is 0.774. The van der Waals surface area contributed by atoms with Crippen molar-refractivity contribution < 1.29 is 0 Å². The van der Waals surface area contributed by atoms with E-state index in [4.69, 9.17) is 0 Å². The summed E-state index contributed by atoms with van der Waals surface area (Å²) < 4.78 is 1.84. The lowest BCUT2D eigenvalue weighted by Gasteiger charge is -2.10. The molecule has 1 rings (SSSR count). The second-order valence-corrected chi connectivity index (χ2v) is 3.76. The molecule has 1 aromatic heterocycles. The monoisotopic (exact) mass is 196 g/mol. The zero-order valence-corrected chi connectivity index (χ0v) is 9.11. The highest BCUT2D eigenvalue weighted by Crippen LogP contribution is 2.02. The first kappa shape index (κ1) is 11.2. The Bertz CT molecular complexity index is 220. The summed E-state index contributed by atoms with van der Waals surface area (Å²) in [6, 6.07) is 0. The number of hydrogen-bond acceptors (Lipinski definition) is 3. The first-order valence-corrected chi connectivity index (χ1v) is 5.37. The minimum atomic E-state index is 0.774. The van der Waals surface area contributed by atoms with Gasteiger partial charge in [0.25, 0.3) is 0 Å². The molecule has 1 atom stereocenters. The molecule has 0 bridgehead atoms. The van der Waals surface area contributed by atoms with Gasteiger partial charge in [-0.05, 0) is 18.9 Å². The van der Waals surface area contributed by atoms with Crippen molar-refractivity contribution in [2.24, 2.45) is 5.92 Å². The predicted molar refractivity (Wildman–Crippen MR) is 57.0 cm³/mol. The lowest BCUT2D eigenvalue weighted by molar-refractivity contribution is 0.455. The summed E-state index contributed by atoms with van der Waals surface area (Å²) in [5.41, 5.74) is 0. The van der Waals surface area contributed by atoms with Gasteiger partial charge in [0.2, 0.25) is 0 Å². The third kappa shape index (κ3) is 4.37. The van der Waals surface area contributed by atoms with E-state index in [1.54, 1.807) is 6.20 Å². The van der Waals surface area contributed by atoms with Crippen LogP contribution in [0.25, 0.3) is 0 Å². The van der Waals surface area contributed by atoms with Crippen LogP contribution in [0.3, 0.4) is 0 Å². The van der Waals surface area contributed by atoms with Crippen molar-refractivity contribution in [3.05, 3.63) is 12.4 Å². The first-order chi connectivity index (χ1) is 6.83. The zero-order chi connectivity index (χ0) is 10.2. The molecule has 0 aliphatic heterocycles. The van der Waals surface area contributed by atoms with Crippen LogP contribution in [0.1, 0.15) is 26.7 Å². The third-order valence-electron chi connectivity index (χ3n) is 2.26. The molecule has 1 heterocycles. The average Bonchev–Trinajstić information content (AvgIpc) is 2.65. The quantitative estimate of drug-likeness (QED) is 0.668. The van der Waals surface area contributed by atoms with Gasteiger partial charge in [0.15, 0.2) is 0 Å². The molecular formula is C10H20N4. The van der Waals surface area contributed by atoms with Crippen LogP contribution in [0.15, 0.2) is 12.4 Å². The molecule has 1 N–H and O–H groups in total. The molecule has 0 saturated carbocycles. The lowest BCUT2D eigenvalue weighted by Crippen LogP contribution is -2.25. The number of nitrogens with zero attached hydrogens (tertiary/aromatic N) is 3. The van der Waals surface area contributed by atoms with Crippen LogP contribution in [0.4, 0.5) is 0 Å². The topological polar surface area (TPSA) is 42.7 Å². The van der Waals surface area contributed by atoms with Crippen molar-refractivity contribution in [3.63, 3.8) is 0 Å². The normalized spacial score (nSPS) is 13.0. The van der Waals surface area contributed by atoms with Crippen LogP contribution >= 0.6 is 0 Å². The highest BCUT2D eigenvalue weighted by Gasteiger charge is 1.99. The van der Waals surface area contributed by atoms with Crippen LogP contribution in [0.2, 0.25) is 0 Å². The van der Waals surface area contributed by atoms with Gasteiger partial charge >= 0.3 is 0 Å². The second kappa shape index (κ2) is 6.54. The lowest BCUT2D eigenvalue weighted by atomic mass is 10.1. The predicted octanol–water partition coefficient (Wildman–Crippen LogP) is 1.30. The zero-order valence-electron chi connectivity index (χ0n) is 9.11. The number of rotatable bonds is 7. The van der Waals surface area contributed by atoms with Gasteiger partial charge < -0.3 is 5.32 Å². The molecule has 0 amide bonds. The molecule has 0 fully saturated rings. The molecule has 80 valence electrons. The standard InChI is InChI=1S/C10H20N4/c1-3-4-10(2)9-11-5-7-14-8-6-12-13-14/h6,8,10-11H,3-5,7,9H2,1-2H3. The van der Waals surface area contributed by atoms with Crippen molar-refractivity contribution in [2.45, 2.75) is 33.2 Å². The molecule has 0 radical (unpaired) electrons. The van der Waals surface area contributed by atoms with Gasteiger partial charge in [0.1, 0.15) is 0 Å². The molecule has 1 aromatic rings. The van der Waals surface area contributed by atoms with Crippen LogP contribution in [-0.4, -0.2) is 28.1 Å². The Morgan fingerprint density at radius 2 is 2.36 bits per heavy atom. The summed E-state index contributed by atoms with van der Waals surface area (Å²) in [6.07, 6.45) is 6.17. The van der Waals surface area contributed by atoms with E-state index in [2.05, 4.69) is 29.5 Å². The molecular weight excluding hydrogens is 176 g/mol. The highest BCUT2D eigenvalue weighted by molar-refractivity contribution is 4.64. The van der Waals surface area contributed by atoms with Crippen molar-refractivity contribution >= 4 is 0 Å². The minimum absolute atomic E-state index is 0.774. The Labute approximate surface area is 85.7 Å². The van der Waals surface area contributed by atoms with Crippen molar-refractivity contribution in [2.75, 3.05) is 13.1 Å². The molecule has 4 heteroatoms. The van der Waals surface area contributed by atoms with Gasteiger partial charge in [-0.15, -0.1) is 5.10 Å². The molecule has 0 spiro atoms. The Balaban J connectivity index is 1.99. The van der Waals surface area contributed by atoms with Crippen LogP contribution in [0, 0.1) is 5.92 Å². The summed E-state index contributed by atoms with van der Waals surface area (Å²) >= 11 is 0. The van der Waals surface area contributed by atoms with E-state index >= 15 is 0 Å². The molecule has 4 nitrogen and oxygen atoms in total. The van der Waals surface area contributed by atoms with Crippen LogP contribution in [0.5, 0.6) is 0 Å². The Morgan fingerprint density at radius 1 is 1.50 bits per heavy atom. The fourth-order valence-corrected chi connectivity index (χ4v) is 1.49. The van der Waals surface area contributed by atoms with Gasteiger partial charge in [-0.3, -0.25) is 4.68 Å². The van der Waals surface area contributed by atoms with Gasteiger partial charge in [0, 0.05) is 12.7 Å². The number of hydrogen-bond donors (Lipinski definition) is 1. The molecule has 0 saturated heterocycles. The summed E-state index contributed by atoms with van der Waals surface area (Å²) in [4.78, 5) is 0. The van der Waals surface area contributed by atoms with Gasteiger partial charge in [0.05, 0.1) is 12.7 Å². The second-order valence-electron chi connectivity index (χ2n) is 3.76. The van der Waals surface area contributed by atoms with Gasteiger partial charge in [-0.1, -0.05) is 25.5 Å². The summed E-state index contributed by atoms with van der Waals surface area (Å²) in [7, 11) is 0. The first-order valence-electron chi connectivity index (χ1n) is 5.37. The highest BCUT2D eigenvalue weighted by atomic mass is 15.4. The van der Waals surface area contributed by atoms with Crippen LogP contribution in [-0.2, 0) is 6.54 Å². The number of nitrogens with one attached hydrogen (secondary N) is 1. The molecule has 0 aromatic carbocycles. The fourth-order valence-electron chi connectivity index (χ4n) is 1.49. The van der Waals surface area contributed by atoms with E-state index < -0.39 is 0 Å². The number of aromatic nitrogens is 3. The van der Waals surface area contributed by atoms with Crippen molar-refractivity contribution in [1.29, 1.82) is 0 Å².